The Bertz CT molecular complexity index is 476. The molecule has 20 heavy (non-hydrogen) atoms. The fourth-order valence-corrected chi connectivity index (χ4v) is 2.88. The highest BCUT2D eigenvalue weighted by Gasteiger charge is 2.23. The monoisotopic (exact) mass is 277 g/mol. The second-order valence-corrected chi connectivity index (χ2v) is 5.40. The molecule has 5 nitrogen and oxygen atoms in total. The maximum atomic E-state index is 11.1. The molecule has 1 unspecified atom stereocenters. The molecule has 0 spiro atoms. The number of nitrogens with zero attached hydrogens (tertiary/aromatic N) is 2. The van der Waals surface area contributed by atoms with Gasteiger partial charge in [0.2, 0.25) is 0 Å². The van der Waals surface area contributed by atoms with Gasteiger partial charge < -0.3 is 5.32 Å². The number of hydrogen-bond acceptors (Lipinski definition) is 4. The van der Waals surface area contributed by atoms with Crippen LogP contribution >= 0.6 is 0 Å². The van der Waals surface area contributed by atoms with E-state index in [9.17, 15) is 10.1 Å². The average Bonchev–Trinajstić information content (AvgIpc) is 2.88. The summed E-state index contributed by atoms with van der Waals surface area (Å²) in [4.78, 5) is 13.2. The number of nitro groups is 1. The lowest BCUT2D eigenvalue weighted by Gasteiger charge is -2.18. The van der Waals surface area contributed by atoms with Gasteiger partial charge in [-0.25, -0.2) is 0 Å². The van der Waals surface area contributed by atoms with Crippen LogP contribution in [0.3, 0.4) is 0 Å². The minimum Gasteiger partial charge on any atom is -0.380 e. The summed E-state index contributed by atoms with van der Waals surface area (Å²) in [6.07, 6.45) is 2.45. The molecular formula is C15H23N3O2. The third-order valence-electron chi connectivity index (χ3n) is 4.02. The summed E-state index contributed by atoms with van der Waals surface area (Å²) in [5, 5.41) is 14.3. The predicted molar refractivity (Wildman–Crippen MR) is 80.9 cm³/mol. The lowest BCUT2D eigenvalue weighted by molar-refractivity contribution is -0.384. The molecule has 0 aromatic heterocycles. The Kier molecular flexibility index (Phi) is 4.95. The van der Waals surface area contributed by atoms with Gasteiger partial charge in [-0.2, -0.15) is 0 Å². The van der Waals surface area contributed by atoms with E-state index in [4.69, 9.17) is 0 Å². The Labute approximate surface area is 120 Å². The lowest BCUT2D eigenvalue weighted by Crippen LogP contribution is -2.21. The number of anilines is 1. The van der Waals surface area contributed by atoms with Crippen LogP contribution in [0.2, 0.25) is 0 Å². The first-order valence-electron chi connectivity index (χ1n) is 7.38. The summed E-state index contributed by atoms with van der Waals surface area (Å²) in [7, 11) is 0. The van der Waals surface area contributed by atoms with Crippen molar-refractivity contribution in [3.05, 3.63) is 33.9 Å². The first kappa shape index (κ1) is 14.8. The molecule has 0 bridgehead atoms. The van der Waals surface area contributed by atoms with Gasteiger partial charge in [-0.1, -0.05) is 25.5 Å². The molecule has 1 aromatic carbocycles. The molecule has 0 aliphatic carbocycles. The first-order chi connectivity index (χ1) is 9.65. The number of nitrogens with one attached hydrogen (secondary N) is 1. The molecule has 1 fully saturated rings. The number of hydrogen-bond donors (Lipinski definition) is 1. The Morgan fingerprint density at radius 1 is 1.45 bits per heavy atom. The van der Waals surface area contributed by atoms with Crippen LogP contribution in [-0.4, -0.2) is 29.5 Å². The van der Waals surface area contributed by atoms with E-state index >= 15 is 0 Å². The maximum absolute atomic E-state index is 11.1. The summed E-state index contributed by atoms with van der Waals surface area (Å²) in [5.74, 6) is 0.774. The highest BCUT2D eigenvalue weighted by molar-refractivity contribution is 5.66. The van der Waals surface area contributed by atoms with Gasteiger partial charge in [0.1, 0.15) is 5.69 Å². The Balaban J connectivity index is 2.18. The van der Waals surface area contributed by atoms with Crippen molar-refractivity contribution >= 4 is 11.4 Å². The van der Waals surface area contributed by atoms with E-state index < -0.39 is 0 Å². The highest BCUT2D eigenvalue weighted by atomic mass is 16.6. The molecule has 2 rings (SSSR count). The lowest BCUT2D eigenvalue weighted by atomic mass is 10.1. The van der Waals surface area contributed by atoms with Crippen LogP contribution in [0, 0.1) is 16.0 Å². The quantitative estimate of drug-likeness (QED) is 0.640. The zero-order valence-electron chi connectivity index (χ0n) is 12.3. The van der Waals surface area contributed by atoms with Crippen molar-refractivity contribution < 1.29 is 4.92 Å². The molecule has 1 aromatic rings. The fourth-order valence-electron chi connectivity index (χ4n) is 2.88. The third kappa shape index (κ3) is 3.28. The molecule has 0 amide bonds. The minimum atomic E-state index is -0.305. The van der Waals surface area contributed by atoms with E-state index in [1.165, 1.54) is 12.8 Å². The summed E-state index contributed by atoms with van der Waals surface area (Å²) >= 11 is 0. The summed E-state index contributed by atoms with van der Waals surface area (Å²) in [6, 6.07) is 5.34. The molecule has 1 atom stereocenters. The number of para-hydroxylation sites is 1. The Morgan fingerprint density at radius 2 is 2.25 bits per heavy atom. The van der Waals surface area contributed by atoms with Gasteiger partial charge in [0.05, 0.1) is 4.92 Å². The summed E-state index contributed by atoms with van der Waals surface area (Å²) in [6.45, 7) is 7.86. The molecule has 1 N–H and O–H groups in total. The number of rotatable bonds is 6. The van der Waals surface area contributed by atoms with Gasteiger partial charge in [0.15, 0.2) is 0 Å². The molecular weight excluding hydrogens is 254 g/mol. The van der Waals surface area contributed by atoms with Crippen LogP contribution in [0.4, 0.5) is 11.4 Å². The van der Waals surface area contributed by atoms with Crippen molar-refractivity contribution in [2.75, 3.05) is 25.0 Å². The van der Waals surface area contributed by atoms with Gasteiger partial charge in [0, 0.05) is 25.7 Å². The molecule has 1 aliphatic rings. The van der Waals surface area contributed by atoms with E-state index in [1.54, 1.807) is 12.1 Å². The van der Waals surface area contributed by atoms with Crippen molar-refractivity contribution in [2.24, 2.45) is 5.92 Å². The summed E-state index contributed by atoms with van der Waals surface area (Å²) < 4.78 is 0. The maximum Gasteiger partial charge on any atom is 0.292 e. The normalized spacial score (nSPS) is 19.2. The standard InChI is InChI=1S/C15H23N3O2/c1-3-12-8-9-17(10-12)11-13-6-5-7-14(18(19)20)15(13)16-4-2/h5-7,12,16H,3-4,8-11H2,1-2H3. The molecule has 0 saturated carbocycles. The highest BCUT2D eigenvalue weighted by Crippen LogP contribution is 2.30. The van der Waals surface area contributed by atoms with Crippen molar-refractivity contribution in [1.82, 2.24) is 4.90 Å². The van der Waals surface area contributed by atoms with Crippen LogP contribution in [0.25, 0.3) is 0 Å². The van der Waals surface area contributed by atoms with Crippen LogP contribution < -0.4 is 5.32 Å². The number of benzene rings is 1. The first-order valence-corrected chi connectivity index (χ1v) is 7.38. The zero-order valence-corrected chi connectivity index (χ0v) is 12.3. The average molecular weight is 277 g/mol. The summed E-state index contributed by atoms with van der Waals surface area (Å²) in [5.41, 5.74) is 1.88. The second-order valence-electron chi connectivity index (χ2n) is 5.40. The van der Waals surface area contributed by atoms with Gasteiger partial charge in [-0.15, -0.1) is 0 Å². The molecule has 1 aliphatic heterocycles. The van der Waals surface area contributed by atoms with E-state index in [2.05, 4.69) is 17.1 Å². The van der Waals surface area contributed by atoms with E-state index in [0.29, 0.717) is 12.2 Å². The molecule has 1 heterocycles. The minimum absolute atomic E-state index is 0.176. The SMILES string of the molecule is CCNc1c(CN2CCC(CC)C2)cccc1[N+](=O)[O-]. The van der Waals surface area contributed by atoms with Gasteiger partial charge >= 0.3 is 0 Å². The molecule has 1 saturated heterocycles. The predicted octanol–water partition coefficient (Wildman–Crippen LogP) is 3.26. The largest absolute Gasteiger partial charge is 0.380 e. The van der Waals surface area contributed by atoms with Gasteiger partial charge in [-0.3, -0.25) is 15.0 Å². The van der Waals surface area contributed by atoms with Crippen LogP contribution in [0.1, 0.15) is 32.3 Å². The van der Waals surface area contributed by atoms with Crippen molar-refractivity contribution in [2.45, 2.75) is 33.2 Å². The van der Waals surface area contributed by atoms with E-state index in [-0.39, 0.29) is 10.6 Å². The smallest absolute Gasteiger partial charge is 0.292 e. The van der Waals surface area contributed by atoms with Gasteiger partial charge in [-0.05, 0) is 31.4 Å². The number of nitro benzene ring substituents is 1. The molecule has 110 valence electrons. The van der Waals surface area contributed by atoms with Crippen molar-refractivity contribution in [3.8, 4) is 0 Å². The number of likely N-dealkylation sites (tertiary alicyclic amines) is 1. The fraction of sp³-hybridized carbons (Fsp3) is 0.600. The van der Waals surface area contributed by atoms with Gasteiger partial charge in [0.25, 0.3) is 5.69 Å². The van der Waals surface area contributed by atoms with Crippen LogP contribution in [0.5, 0.6) is 0 Å². The zero-order chi connectivity index (χ0) is 14.5. The van der Waals surface area contributed by atoms with E-state index in [0.717, 1.165) is 31.1 Å². The second kappa shape index (κ2) is 6.70. The Hall–Kier alpha value is -1.62. The molecule has 0 radical (unpaired) electrons. The van der Waals surface area contributed by atoms with Crippen LogP contribution in [0.15, 0.2) is 18.2 Å². The Morgan fingerprint density at radius 3 is 2.85 bits per heavy atom. The van der Waals surface area contributed by atoms with Crippen molar-refractivity contribution in [1.29, 1.82) is 0 Å². The van der Waals surface area contributed by atoms with E-state index in [1.807, 2.05) is 13.0 Å². The van der Waals surface area contributed by atoms with Crippen LogP contribution in [-0.2, 0) is 6.54 Å². The third-order valence-corrected chi connectivity index (χ3v) is 4.02. The topological polar surface area (TPSA) is 58.4 Å². The molecule has 5 heteroatoms. The van der Waals surface area contributed by atoms with Crippen molar-refractivity contribution in [3.63, 3.8) is 0 Å².